The number of benzene rings is 4. The molecule has 0 aliphatic heterocycles. The van der Waals surface area contributed by atoms with Gasteiger partial charge in [0.05, 0.1) is 11.6 Å². The fraction of sp³-hybridized carbons (Fsp3) is 0.273. The molecule has 0 saturated carbocycles. The van der Waals surface area contributed by atoms with Crippen molar-refractivity contribution in [3.05, 3.63) is 117 Å². The molecule has 1 amide bonds. The molecule has 2 atom stereocenters. The zero-order valence-electron chi connectivity index (χ0n) is 22.2. The summed E-state index contributed by atoms with van der Waals surface area (Å²) in [6.45, 7) is 4.37. The SMILES string of the molecule is CCCC(c1ccc(C(=O)NCCC(O)O)cc1)C(c1ccc(Cl)cc1)c1cccc2c(C#N)cc(C)cc12. The Morgan fingerprint density at radius 2 is 1.64 bits per heavy atom. The Morgan fingerprint density at radius 1 is 0.949 bits per heavy atom. The van der Waals surface area contributed by atoms with Gasteiger partial charge in [-0.3, -0.25) is 4.79 Å². The van der Waals surface area contributed by atoms with Gasteiger partial charge < -0.3 is 15.5 Å². The van der Waals surface area contributed by atoms with Crippen LogP contribution in [0.2, 0.25) is 5.02 Å². The van der Waals surface area contributed by atoms with E-state index >= 15 is 0 Å². The number of nitrogens with zero attached hydrogens (tertiary/aromatic N) is 1. The lowest BCUT2D eigenvalue weighted by Gasteiger charge is -2.30. The highest BCUT2D eigenvalue weighted by atomic mass is 35.5. The molecule has 0 aliphatic carbocycles. The van der Waals surface area contributed by atoms with Crippen molar-refractivity contribution < 1.29 is 15.0 Å². The van der Waals surface area contributed by atoms with Crippen molar-refractivity contribution in [2.45, 2.75) is 51.2 Å². The van der Waals surface area contributed by atoms with E-state index in [9.17, 15) is 10.1 Å². The summed E-state index contributed by atoms with van der Waals surface area (Å²) in [4.78, 5) is 12.6. The molecule has 4 rings (SSSR count). The maximum atomic E-state index is 12.6. The average molecular weight is 541 g/mol. The summed E-state index contributed by atoms with van der Waals surface area (Å²) in [7, 11) is 0. The number of nitriles is 1. The molecule has 0 heterocycles. The first-order valence-electron chi connectivity index (χ1n) is 13.3. The van der Waals surface area contributed by atoms with Crippen LogP contribution in [0.3, 0.4) is 0 Å². The Balaban J connectivity index is 1.81. The minimum Gasteiger partial charge on any atom is -0.368 e. The topological polar surface area (TPSA) is 93.3 Å². The van der Waals surface area contributed by atoms with Gasteiger partial charge in [-0.15, -0.1) is 0 Å². The molecule has 0 saturated heterocycles. The van der Waals surface area contributed by atoms with Crippen LogP contribution >= 0.6 is 11.6 Å². The highest BCUT2D eigenvalue weighted by Crippen LogP contribution is 2.44. The third-order valence-corrected chi connectivity index (χ3v) is 7.40. The second-order valence-electron chi connectivity index (χ2n) is 9.94. The maximum absolute atomic E-state index is 12.6. The molecule has 0 bridgehead atoms. The summed E-state index contributed by atoms with van der Waals surface area (Å²) in [6.07, 6.45) is 0.506. The normalized spacial score (nSPS) is 12.7. The zero-order valence-corrected chi connectivity index (χ0v) is 22.9. The lowest BCUT2D eigenvalue weighted by atomic mass is 9.73. The first-order chi connectivity index (χ1) is 18.8. The van der Waals surface area contributed by atoms with E-state index in [1.165, 1.54) is 0 Å². The van der Waals surface area contributed by atoms with Crippen LogP contribution in [-0.4, -0.2) is 29.0 Å². The Morgan fingerprint density at radius 3 is 2.28 bits per heavy atom. The van der Waals surface area contributed by atoms with E-state index in [2.05, 4.69) is 42.6 Å². The lowest BCUT2D eigenvalue weighted by molar-refractivity contribution is -0.0440. The van der Waals surface area contributed by atoms with Crippen LogP contribution in [0.15, 0.2) is 78.9 Å². The van der Waals surface area contributed by atoms with Crippen molar-refractivity contribution in [1.29, 1.82) is 5.26 Å². The highest BCUT2D eigenvalue weighted by Gasteiger charge is 2.28. The molecule has 4 aromatic carbocycles. The molecule has 200 valence electrons. The predicted molar refractivity (Wildman–Crippen MR) is 156 cm³/mol. The van der Waals surface area contributed by atoms with Crippen molar-refractivity contribution in [3.63, 3.8) is 0 Å². The summed E-state index contributed by atoms with van der Waals surface area (Å²) in [5.74, 6) is -0.156. The summed E-state index contributed by atoms with van der Waals surface area (Å²) >= 11 is 6.27. The average Bonchev–Trinajstić information content (AvgIpc) is 2.93. The molecule has 2 unspecified atom stereocenters. The van der Waals surface area contributed by atoms with Crippen molar-refractivity contribution in [2.24, 2.45) is 0 Å². The molecule has 3 N–H and O–H groups in total. The van der Waals surface area contributed by atoms with Gasteiger partial charge in [-0.05, 0) is 82.6 Å². The molecule has 4 aromatic rings. The van der Waals surface area contributed by atoms with Gasteiger partial charge in [-0.2, -0.15) is 5.26 Å². The summed E-state index contributed by atoms with van der Waals surface area (Å²) in [5, 5.41) is 33.3. The van der Waals surface area contributed by atoms with Gasteiger partial charge in [-0.25, -0.2) is 0 Å². The molecule has 5 nitrogen and oxygen atoms in total. The van der Waals surface area contributed by atoms with Crippen molar-refractivity contribution in [2.75, 3.05) is 6.54 Å². The van der Waals surface area contributed by atoms with Crippen LogP contribution in [0.25, 0.3) is 10.8 Å². The number of aryl methyl sites for hydroxylation is 1. The van der Waals surface area contributed by atoms with Gasteiger partial charge in [0.1, 0.15) is 0 Å². The Labute approximate surface area is 234 Å². The fourth-order valence-corrected chi connectivity index (χ4v) is 5.48. The summed E-state index contributed by atoms with van der Waals surface area (Å²) in [6, 6.07) is 28.3. The predicted octanol–water partition coefficient (Wildman–Crippen LogP) is 6.82. The molecule has 0 aromatic heterocycles. The van der Waals surface area contributed by atoms with Gasteiger partial charge in [-0.1, -0.05) is 73.5 Å². The third kappa shape index (κ3) is 6.66. The van der Waals surface area contributed by atoms with E-state index < -0.39 is 6.29 Å². The largest absolute Gasteiger partial charge is 0.368 e. The number of fused-ring (bicyclic) bond motifs is 1. The number of carbonyl (C=O) groups excluding carboxylic acids is 1. The van der Waals surface area contributed by atoms with E-state index in [1.807, 2.05) is 61.5 Å². The van der Waals surface area contributed by atoms with E-state index in [0.717, 1.165) is 45.9 Å². The molecule has 0 radical (unpaired) electrons. The number of aliphatic hydroxyl groups excluding tert-OH is 1. The zero-order chi connectivity index (χ0) is 27.9. The third-order valence-electron chi connectivity index (χ3n) is 7.15. The molecule has 0 aliphatic rings. The van der Waals surface area contributed by atoms with Gasteiger partial charge >= 0.3 is 0 Å². The highest BCUT2D eigenvalue weighted by molar-refractivity contribution is 6.30. The number of carbonyl (C=O) groups is 1. The van der Waals surface area contributed by atoms with E-state index in [1.54, 1.807) is 0 Å². The second-order valence-corrected chi connectivity index (χ2v) is 10.4. The van der Waals surface area contributed by atoms with Crippen LogP contribution in [0.4, 0.5) is 0 Å². The second kappa shape index (κ2) is 12.9. The van der Waals surface area contributed by atoms with Crippen LogP contribution in [0.5, 0.6) is 0 Å². The Bertz CT molecular complexity index is 1470. The van der Waals surface area contributed by atoms with Crippen LogP contribution in [0.1, 0.15) is 76.2 Å². The van der Waals surface area contributed by atoms with Gasteiger partial charge in [0.15, 0.2) is 6.29 Å². The number of aliphatic hydroxyl groups is 2. The van der Waals surface area contributed by atoms with Crippen LogP contribution < -0.4 is 5.32 Å². The first kappa shape index (κ1) is 28.3. The monoisotopic (exact) mass is 540 g/mol. The molecule has 39 heavy (non-hydrogen) atoms. The molecule has 0 fully saturated rings. The quantitative estimate of drug-likeness (QED) is 0.192. The van der Waals surface area contributed by atoms with E-state index in [-0.39, 0.29) is 30.7 Å². The Hall–Kier alpha value is -3.69. The number of nitrogens with one attached hydrogen (secondary N) is 1. The van der Waals surface area contributed by atoms with Gasteiger partial charge in [0.2, 0.25) is 0 Å². The van der Waals surface area contributed by atoms with Crippen LogP contribution in [0, 0.1) is 18.3 Å². The molecule has 0 spiro atoms. The number of halogens is 1. The fourth-order valence-electron chi connectivity index (χ4n) is 5.35. The first-order valence-corrected chi connectivity index (χ1v) is 13.6. The van der Waals surface area contributed by atoms with Crippen molar-refractivity contribution in [1.82, 2.24) is 5.32 Å². The lowest BCUT2D eigenvalue weighted by Crippen LogP contribution is -2.27. The molecule has 6 heteroatoms. The standard InChI is InChI=1S/C33H33ClN2O3/c1-3-5-28(22-8-10-24(11-9-22)33(39)36-17-16-31(37)38)32(23-12-14-26(34)15-13-23)29-7-4-6-27-25(20-35)18-21(2)19-30(27)29/h4,6-15,18-19,28,31-32,37-38H,3,5,16-17H2,1-2H3,(H,36,39). The Kier molecular flexibility index (Phi) is 9.37. The van der Waals surface area contributed by atoms with Gasteiger partial charge in [0, 0.05) is 29.5 Å². The van der Waals surface area contributed by atoms with Crippen molar-refractivity contribution in [3.8, 4) is 6.07 Å². The summed E-state index contributed by atoms with van der Waals surface area (Å²) < 4.78 is 0. The number of hydrogen-bond donors (Lipinski definition) is 3. The number of rotatable bonds is 10. The smallest absolute Gasteiger partial charge is 0.251 e. The van der Waals surface area contributed by atoms with E-state index in [0.29, 0.717) is 16.1 Å². The maximum Gasteiger partial charge on any atom is 0.251 e. The number of amides is 1. The minimum atomic E-state index is -1.45. The van der Waals surface area contributed by atoms with Crippen LogP contribution in [-0.2, 0) is 0 Å². The van der Waals surface area contributed by atoms with Gasteiger partial charge in [0.25, 0.3) is 5.91 Å². The summed E-state index contributed by atoms with van der Waals surface area (Å²) in [5.41, 5.74) is 5.62. The molecular weight excluding hydrogens is 508 g/mol. The van der Waals surface area contributed by atoms with Crippen molar-refractivity contribution >= 4 is 28.3 Å². The minimum absolute atomic E-state index is 0.00928. The van der Waals surface area contributed by atoms with E-state index in [4.69, 9.17) is 21.8 Å². The molecular formula is C33H33ClN2O3. The number of hydrogen-bond acceptors (Lipinski definition) is 4.